The molecule has 1 aliphatic rings. The highest BCUT2D eigenvalue weighted by atomic mass is 32.2. The Morgan fingerprint density at radius 2 is 1.72 bits per heavy atom. The minimum absolute atomic E-state index is 0.0330. The summed E-state index contributed by atoms with van der Waals surface area (Å²) in [7, 11) is -2.09. The molecule has 0 aliphatic carbocycles. The number of hydrogen-bond donors (Lipinski definition) is 0. The van der Waals surface area contributed by atoms with Crippen molar-refractivity contribution in [2.45, 2.75) is 4.90 Å². The smallest absolute Gasteiger partial charge is 0.338 e. The van der Waals surface area contributed by atoms with E-state index in [0.717, 1.165) is 5.75 Å². The van der Waals surface area contributed by atoms with Crippen LogP contribution in [-0.4, -0.2) is 65.3 Å². The van der Waals surface area contributed by atoms with Crippen molar-refractivity contribution >= 4 is 16.0 Å². The summed E-state index contributed by atoms with van der Waals surface area (Å²) in [5, 5.41) is 0. The maximum absolute atomic E-state index is 12.7. The van der Waals surface area contributed by atoms with Crippen LogP contribution in [0.3, 0.4) is 0 Å². The summed E-state index contributed by atoms with van der Waals surface area (Å²) in [6, 6.07) is 12.9. The summed E-state index contributed by atoms with van der Waals surface area (Å²) in [4.78, 5) is 12.3. The van der Waals surface area contributed by atoms with E-state index in [1.54, 1.807) is 31.4 Å². The molecule has 156 valence electrons. The Bertz CT molecular complexity index is 922. The van der Waals surface area contributed by atoms with Crippen molar-refractivity contribution in [3.8, 4) is 11.5 Å². The maximum Gasteiger partial charge on any atom is 0.338 e. The van der Waals surface area contributed by atoms with Gasteiger partial charge >= 0.3 is 5.97 Å². The number of hydrogen-bond acceptors (Lipinski definition) is 7. The highest BCUT2D eigenvalue weighted by Crippen LogP contribution is 2.19. The number of benzene rings is 2. The fraction of sp³-hybridized carbons (Fsp3) is 0.350. The van der Waals surface area contributed by atoms with Crippen LogP contribution in [0.4, 0.5) is 0 Å². The normalized spacial score (nSPS) is 14.9. The van der Waals surface area contributed by atoms with E-state index in [9.17, 15) is 13.2 Å². The lowest BCUT2D eigenvalue weighted by Crippen LogP contribution is -2.40. The Morgan fingerprint density at radius 3 is 2.41 bits per heavy atom. The zero-order valence-corrected chi connectivity index (χ0v) is 16.9. The van der Waals surface area contributed by atoms with Crippen molar-refractivity contribution in [3.05, 3.63) is 54.1 Å². The molecule has 1 fully saturated rings. The quantitative estimate of drug-likeness (QED) is 0.475. The van der Waals surface area contributed by atoms with Crippen molar-refractivity contribution in [3.63, 3.8) is 0 Å². The third-order valence-corrected chi connectivity index (χ3v) is 6.22. The average molecular weight is 421 g/mol. The zero-order valence-electron chi connectivity index (χ0n) is 16.1. The van der Waals surface area contributed by atoms with Gasteiger partial charge in [0, 0.05) is 13.1 Å². The van der Waals surface area contributed by atoms with E-state index in [1.807, 2.05) is 0 Å². The molecule has 1 heterocycles. The molecule has 0 saturated carbocycles. The molecule has 0 atom stereocenters. The summed E-state index contributed by atoms with van der Waals surface area (Å²) < 4.78 is 47.7. The molecule has 8 nitrogen and oxygen atoms in total. The predicted octanol–water partition coefficient (Wildman–Crippen LogP) is 1.95. The molecule has 0 bridgehead atoms. The Kier molecular flexibility index (Phi) is 7.08. The molecule has 0 aromatic heterocycles. The number of rotatable bonds is 8. The molecule has 2 aromatic rings. The number of carbonyl (C=O) groups excluding carboxylic acids is 1. The van der Waals surface area contributed by atoms with Gasteiger partial charge in [0.25, 0.3) is 0 Å². The number of methoxy groups -OCH3 is 1. The minimum atomic E-state index is -3.67. The zero-order chi connectivity index (χ0) is 20.7. The summed E-state index contributed by atoms with van der Waals surface area (Å²) in [6.45, 7) is 1.50. The fourth-order valence-corrected chi connectivity index (χ4v) is 4.22. The SMILES string of the molecule is COc1ccc(OCCOC(=O)c2cccc(S(=O)(=O)N3CCOCC3)c2)cc1. The van der Waals surface area contributed by atoms with Gasteiger partial charge in [-0.3, -0.25) is 0 Å². The molecule has 9 heteroatoms. The van der Waals surface area contributed by atoms with Crippen LogP contribution in [0, 0.1) is 0 Å². The minimum Gasteiger partial charge on any atom is -0.497 e. The van der Waals surface area contributed by atoms with Gasteiger partial charge in [-0.05, 0) is 42.5 Å². The number of morpholine rings is 1. The summed E-state index contributed by atoms with van der Waals surface area (Å²) in [5.41, 5.74) is 0.170. The number of carbonyl (C=O) groups is 1. The first-order valence-corrected chi connectivity index (χ1v) is 10.6. The van der Waals surface area contributed by atoms with E-state index < -0.39 is 16.0 Å². The fourth-order valence-electron chi connectivity index (χ4n) is 2.77. The van der Waals surface area contributed by atoms with Crippen molar-refractivity contribution < 1.29 is 32.2 Å². The molecule has 0 unspecified atom stereocenters. The van der Waals surface area contributed by atoms with Crippen LogP contribution in [0.1, 0.15) is 10.4 Å². The van der Waals surface area contributed by atoms with Gasteiger partial charge in [0.2, 0.25) is 10.0 Å². The van der Waals surface area contributed by atoms with Crippen LogP contribution in [0.25, 0.3) is 0 Å². The van der Waals surface area contributed by atoms with Crippen molar-refractivity contribution in [1.29, 1.82) is 0 Å². The molecule has 0 N–H and O–H groups in total. The van der Waals surface area contributed by atoms with Gasteiger partial charge in [-0.1, -0.05) is 6.07 Å². The summed E-state index contributed by atoms with van der Waals surface area (Å²) in [5.74, 6) is 0.735. The molecule has 2 aromatic carbocycles. The third kappa shape index (κ3) is 5.47. The Morgan fingerprint density at radius 1 is 1.03 bits per heavy atom. The maximum atomic E-state index is 12.7. The molecule has 3 rings (SSSR count). The van der Waals surface area contributed by atoms with Crippen LogP contribution < -0.4 is 9.47 Å². The second kappa shape index (κ2) is 9.73. The van der Waals surface area contributed by atoms with Gasteiger partial charge in [-0.15, -0.1) is 0 Å². The molecular weight excluding hydrogens is 398 g/mol. The van der Waals surface area contributed by atoms with E-state index in [2.05, 4.69) is 0 Å². The Hall–Kier alpha value is -2.62. The van der Waals surface area contributed by atoms with E-state index in [4.69, 9.17) is 18.9 Å². The van der Waals surface area contributed by atoms with Crippen LogP contribution in [0.2, 0.25) is 0 Å². The second-order valence-electron chi connectivity index (χ2n) is 6.20. The molecule has 0 spiro atoms. The number of nitrogens with zero attached hydrogens (tertiary/aromatic N) is 1. The van der Waals surface area contributed by atoms with E-state index in [0.29, 0.717) is 32.1 Å². The molecule has 1 aliphatic heterocycles. The largest absolute Gasteiger partial charge is 0.497 e. The van der Waals surface area contributed by atoms with Crippen LogP contribution in [-0.2, 0) is 19.5 Å². The van der Waals surface area contributed by atoms with Gasteiger partial charge < -0.3 is 18.9 Å². The summed E-state index contributed by atoms with van der Waals surface area (Å²) >= 11 is 0. The van der Waals surface area contributed by atoms with Gasteiger partial charge in [0.05, 0.1) is 30.8 Å². The van der Waals surface area contributed by atoms with Crippen LogP contribution in [0.5, 0.6) is 11.5 Å². The van der Waals surface area contributed by atoms with Gasteiger partial charge in [0.15, 0.2) is 0 Å². The molecule has 0 amide bonds. The molecule has 29 heavy (non-hydrogen) atoms. The van der Waals surface area contributed by atoms with E-state index >= 15 is 0 Å². The van der Waals surface area contributed by atoms with Gasteiger partial charge in [-0.25, -0.2) is 13.2 Å². The van der Waals surface area contributed by atoms with Crippen molar-refractivity contribution in [2.24, 2.45) is 0 Å². The van der Waals surface area contributed by atoms with Crippen molar-refractivity contribution in [1.82, 2.24) is 4.31 Å². The Labute approximate surface area is 170 Å². The molecule has 1 saturated heterocycles. The number of sulfonamides is 1. The lowest BCUT2D eigenvalue weighted by Gasteiger charge is -2.26. The third-order valence-electron chi connectivity index (χ3n) is 4.32. The first-order chi connectivity index (χ1) is 14.0. The van der Waals surface area contributed by atoms with Gasteiger partial charge in [-0.2, -0.15) is 4.31 Å². The standard InChI is InChI=1S/C20H23NO7S/c1-25-17-5-7-18(8-6-17)27-13-14-28-20(22)16-3-2-4-19(15-16)29(23,24)21-9-11-26-12-10-21/h2-8,15H,9-14H2,1H3. The van der Waals surface area contributed by atoms with Gasteiger partial charge in [0.1, 0.15) is 24.7 Å². The summed E-state index contributed by atoms with van der Waals surface area (Å²) in [6.07, 6.45) is 0. The average Bonchev–Trinajstić information content (AvgIpc) is 2.77. The highest BCUT2D eigenvalue weighted by Gasteiger charge is 2.27. The van der Waals surface area contributed by atoms with E-state index in [1.165, 1.54) is 28.6 Å². The first kappa shape index (κ1) is 21.1. The van der Waals surface area contributed by atoms with Crippen molar-refractivity contribution in [2.75, 3.05) is 46.6 Å². The monoisotopic (exact) mass is 421 g/mol. The number of esters is 1. The highest BCUT2D eigenvalue weighted by molar-refractivity contribution is 7.89. The van der Waals surface area contributed by atoms with Crippen LogP contribution >= 0.6 is 0 Å². The number of ether oxygens (including phenoxy) is 4. The topological polar surface area (TPSA) is 91.4 Å². The predicted molar refractivity (Wildman–Crippen MR) is 105 cm³/mol. The molecular formula is C20H23NO7S. The molecule has 0 radical (unpaired) electrons. The van der Waals surface area contributed by atoms with Crippen LogP contribution in [0.15, 0.2) is 53.4 Å². The lowest BCUT2D eigenvalue weighted by atomic mass is 10.2. The van der Waals surface area contributed by atoms with E-state index in [-0.39, 0.29) is 23.7 Å². The first-order valence-electron chi connectivity index (χ1n) is 9.12. The second-order valence-corrected chi connectivity index (χ2v) is 8.14. The lowest BCUT2D eigenvalue weighted by molar-refractivity contribution is 0.0450. The Balaban J connectivity index is 1.54.